The van der Waals surface area contributed by atoms with Crippen LogP contribution in [0.25, 0.3) is 22.2 Å². The van der Waals surface area contributed by atoms with Gasteiger partial charge >= 0.3 is 0 Å². The smallest absolute Gasteiger partial charge is 0.235 e. The van der Waals surface area contributed by atoms with Crippen molar-refractivity contribution in [1.29, 1.82) is 0 Å². The van der Waals surface area contributed by atoms with E-state index in [9.17, 15) is 17.6 Å². The van der Waals surface area contributed by atoms with Gasteiger partial charge in [0.15, 0.2) is 5.82 Å². The molecule has 2 aromatic carbocycles. The maximum Gasteiger partial charge on any atom is 0.235 e. The van der Waals surface area contributed by atoms with Gasteiger partial charge in [0.05, 0.1) is 16.5 Å². The van der Waals surface area contributed by atoms with E-state index >= 15 is 4.39 Å². The number of hydrogen-bond donors (Lipinski definition) is 2. The Bertz CT molecular complexity index is 1510. The number of aromatic nitrogens is 2. The Morgan fingerprint density at radius 3 is 2.52 bits per heavy atom. The van der Waals surface area contributed by atoms with Crippen molar-refractivity contribution in [2.24, 2.45) is 0 Å². The molecule has 1 fully saturated rings. The molecule has 6 nitrogen and oxygen atoms in total. The number of anilines is 1. The Kier molecular flexibility index (Phi) is 5.18. The topological polar surface area (TPSA) is 91.9 Å². The maximum atomic E-state index is 15.1. The molecular formula is C23H16ClF2N3O3S. The Hall–Kier alpha value is -3.30. The number of sulfonamides is 1. The van der Waals surface area contributed by atoms with Gasteiger partial charge in [0, 0.05) is 33.9 Å². The molecule has 0 radical (unpaired) electrons. The summed E-state index contributed by atoms with van der Waals surface area (Å²) in [6.07, 6.45) is 3.88. The quantitative estimate of drug-likeness (QED) is 0.361. The highest BCUT2D eigenvalue weighted by atomic mass is 35.5. The first-order chi connectivity index (χ1) is 15.7. The molecule has 1 aliphatic rings. The lowest BCUT2D eigenvalue weighted by molar-refractivity contribution is 0.103. The Labute approximate surface area is 192 Å². The van der Waals surface area contributed by atoms with Crippen molar-refractivity contribution in [2.75, 3.05) is 4.72 Å². The second kappa shape index (κ2) is 7.93. The van der Waals surface area contributed by atoms with Crippen LogP contribution in [-0.2, 0) is 10.0 Å². The van der Waals surface area contributed by atoms with Gasteiger partial charge in [-0.05, 0) is 48.7 Å². The van der Waals surface area contributed by atoms with Crippen LogP contribution in [0.5, 0.6) is 0 Å². The number of nitrogens with one attached hydrogen (secondary N) is 2. The molecule has 0 unspecified atom stereocenters. The minimum absolute atomic E-state index is 0.00770. The van der Waals surface area contributed by atoms with Crippen molar-refractivity contribution in [2.45, 2.75) is 18.1 Å². The predicted octanol–water partition coefficient (Wildman–Crippen LogP) is 5.30. The number of carbonyl (C=O) groups is 1. The zero-order valence-electron chi connectivity index (χ0n) is 16.9. The fourth-order valence-electron chi connectivity index (χ4n) is 3.58. The zero-order valence-corrected chi connectivity index (χ0v) is 18.5. The number of benzene rings is 2. The van der Waals surface area contributed by atoms with Gasteiger partial charge in [0.25, 0.3) is 0 Å². The predicted molar refractivity (Wildman–Crippen MR) is 122 cm³/mol. The minimum Gasteiger partial charge on any atom is -0.345 e. The molecule has 2 N–H and O–H groups in total. The van der Waals surface area contributed by atoms with E-state index in [0.717, 1.165) is 17.7 Å². The number of aromatic amines is 1. The van der Waals surface area contributed by atoms with E-state index < -0.39 is 43.9 Å². The number of ketones is 1. The van der Waals surface area contributed by atoms with Gasteiger partial charge in [-0.15, -0.1) is 0 Å². The van der Waals surface area contributed by atoms with E-state index in [1.807, 2.05) is 0 Å². The van der Waals surface area contributed by atoms with Crippen molar-refractivity contribution < 1.29 is 22.0 Å². The van der Waals surface area contributed by atoms with E-state index in [2.05, 4.69) is 14.7 Å². The molecule has 1 saturated carbocycles. The number of nitrogens with zero attached hydrogens (tertiary/aromatic N) is 1. The molecule has 0 amide bonds. The number of pyridine rings is 1. The lowest BCUT2D eigenvalue weighted by Crippen LogP contribution is -2.19. The monoisotopic (exact) mass is 487 g/mol. The number of rotatable bonds is 6. The first-order valence-electron chi connectivity index (χ1n) is 10.0. The van der Waals surface area contributed by atoms with E-state index in [1.165, 1.54) is 6.20 Å². The summed E-state index contributed by atoms with van der Waals surface area (Å²) in [6.45, 7) is 0. The van der Waals surface area contributed by atoms with Gasteiger partial charge in [-0.25, -0.2) is 22.2 Å². The first kappa shape index (κ1) is 21.5. The molecule has 0 saturated heterocycles. The first-order valence-corrected chi connectivity index (χ1v) is 11.9. The molecule has 2 aromatic heterocycles. The highest BCUT2D eigenvalue weighted by Crippen LogP contribution is 2.33. The highest BCUT2D eigenvalue weighted by Gasteiger charge is 2.36. The second-order valence-electron chi connectivity index (χ2n) is 7.79. The molecule has 1 aliphatic carbocycles. The van der Waals surface area contributed by atoms with Crippen LogP contribution in [0.1, 0.15) is 28.8 Å². The Balaban J connectivity index is 1.56. The number of fused-ring (bicyclic) bond motifs is 1. The van der Waals surface area contributed by atoms with Crippen LogP contribution in [0, 0.1) is 11.6 Å². The summed E-state index contributed by atoms with van der Waals surface area (Å²) >= 11 is 5.94. The van der Waals surface area contributed by atoms with Crippen molar-refractivity contribution in [3.05, 3.63) is 82.6 Å². The van der Waals surface area contributed by atoms with Crippen LogP contribution in [0.3, 0.4) is 0 Å². The van der Waals surface area contributed by atoms with E-state index in [-0.39, 0.29) is 5.56 Å². The molecule has 0 atom stereocenters. The molecule has 0 bridgehead atoms. The van der Waals surface area contributed by atoms with E-state index in [4.69, 9.17) is 11.6 Å². The van der Waals surface area contributed by atoms with Crippen molar-refractivity contribution >= 4 is 44.1 Å². The lowest BCUT2D eigenvalue weighted by Gasteiger charge is -2.11. The van der Waals surface area contributed by atoms with Gasteiger partial charge in [-0.2, -0.15) is 0 Å². The zero-order chi connectivity index (χ0) is 23.3. The number of H-pyrrole nitrogens is 1. The standard InChI is InChI=1S/C23H16ClF2N3O3S/c24-14-3-1-12(2-4-14)13-9-16-17(11-28-23(16)27-10-13)22(30)20-18(25)7-8-19(21(20)26)29-33(31,32)15-5-6-15/h1-4,7-11,15,29H,5-6H2,(H,27,28). The summed E-state index contributed by atoms with van der Waals surface area (Å²) in [6, 6.07) is 10.5. The fraction of sp³-hybridized carbons (Fsp3) is 0.130. The molecule has 2 heterocycles. The third-order valence-corrected chi connectivity index (χ3v) is 7.59. The van der Waals surface area contributed by atoms with Crippen LogP contribution in [0.15, 0.2) is 54.9 Å². The number of hydrogen-bond acceptors (Lipinski definition) is 4. The van der Waals surface area contributed by atoms with Crippen LogP contribution in [0.4, 0.5) is 14.5 Å². The van der Waals surface area contributed by atoms with E-state index in [0.29, 0.717) is 34.5 Å². The van der Waals surface area contributed by atoms with Gasteiger partial charge < -0.3 is 4.98 Å². The molecule has 0 aliphatic heterocycles. The van der Waals surface area contributed by atoms with Gasteiger partial charge in [0.2, 0.25) is 15.8 Å². The normalized spacial score (nSPS) is 13.9. The SMILES string of the molecule is O=C(c1c(F)ccc(NS(=O)(=O)C2CC2)c1F)c1c[nH]c2ncc(-c3ccc(Cl)cc3)cc12. The van der Waals surface area contributed by atoms with Crippen molar-refractivity contribution in [3.8, 4) is 11.1 Å². The van der Waals surface area contributed by atoms with Gasteiger partial charge in [-0.3, -0.25) is 9.52 Å². The molecule has 4 aromatic rings. The van der Waals surface area contributed by atoms with Crippen LogP contribution in [0.2, 0.25) is 5.02 Å². The summed E-state index contributed by atoms with van der Waals surface area (Å²) in [4.78, 5) is 20.3. The largest absolute Gasteiger partial charge is 0.345 e. The molecule has 168 valence electrons. The Morgan fingerprint density at radius 1 is 1.09 bits per heavy atom. The third-order valence-electron chi connectivity index (χ3n) is 5.49. The molecule has 5 rings (SSSR count). The van der Waals surface area contributed by atoms with Crippen molar-refractivity contribution in [1.82, 2.24) is 9.97 Å². The summed E-state index contributed by atoms with van der Waals surface area (Å²) in [7, 11) is -3.80. The van der Waals surface area contributed by atoms with Gasteiger partial charge in [0.1, 0.15) is 11.5 Å². The van der Waals surface area contributed by atoms with E-state index in [1.54, 1.807) is 36.5 Å². The summed E-state index contributed by atoms with van der Waals surface area (Å²) in [5, 5.41) is 0.329. The number of halogens is 3. The third kappa shape index (κ3) is 3.98. The highest BCUT2D eigenvalue weighted by molar-refractivity contribution is 7.93. The number of carbonyl (C=O) groups excluding carboxylic acids is 1. The lowest BCUT2D eigenvalue weighted by atomic mass is 10.00. The average Bonchev–Trinajstić information content (AvgIpc) is 3.57. The summed E-state index contributed by atoms with van der Waals surface area (Å²) in [5.74, 6) is -3.29. The molecular weight excluding hydrogens is 472 g/mol. The second-order valence-corrected chi connectivity index (χ2v) is 10.2. The van der Waals surface area contributed by atoms with Crippen LogP contribution in [-0.4, -0.2) is 29.4 Å². The molecule has 0 spiro atoms. The fourth-order valence-corrected chi connectivity index (χ4v) is 5.09. The Morgan fingerprint density at radius 2 is 1.82 bits per heavy atom. The molecule has 33 heavy (non-hydrogen) atoms. The van der Waals surface area contributed by atoms with Crippen molar-refractivity contribution in [3.63, 3.8) is 0 Å². The molecule has 10 heteroatoms. The van der Waals surface area contributed by atoms with Crippen LogP contribution < -0.4 is 4.72 Å². The average molecular weight is 488 g/mol. The maximum absolute atomic E-state index is 15.1. The van der Waals surface area contributed by atoms with Crippen LogP contribution >= 0.6 is 11.6 Å². The minimum atomic E-state index is -3.80. The summed E-state index contributed by atoms with van der Waals surface area (Å²) in [5.41, 5.74) is 0.535. The van der Waals surface area contributed by atoms with Gasteiger partial charge in [-0.1, -0.05) is 23.7 Å². The summed E-state index contributed by atoms with van der Waals surface area (Å²) < 4.78 is 56.3.